The molecule has 0 aromatic carbocycles. The number of likely N-dealkylation sites (tertiary alicyclic amines) is 1. The van der Waals surface area contributed by atoms with E-state index in [1.807, 2.05) is 0 Å². The molecule has 5 heteroatoms. The molecule has 1 aliphatic rings. The summed E-state index contributed by atoms with van der Waals surface area (Å²) in [6.45, 7) is 16.1. The Morgan fingerprint density at radius 1 is 0.491 bits per heavy atom. The van der Waals surface area contributed by atoms with Crippen molar-refractivity contribution < 1.29 is 14.3 Å². The molecule has 1 saturated heterocycles. The van der Waals surface area contributed by atoms with Gasteiger partial charge in [0.2, 0.25) is 5.91 Å². The van der Waals surface area contributed by atoms with Gasteiger partial charge in [-0.05, 0) is 31.0 Å². The van der Waals surface area contributed by atoms with Gasteiger partial charge in [0.15, 0.2) is 8.32 Å². The molecule has 1 heterocycles. The van der Waals surface area contributed by atoms with Gasteiger partial charge < -0.3 is 14.4 Å². The van der Waals surface area contributed by atoms with Gasteiger partial charge in [-0.25, -0.2) is 0 Å². The number of aliphatic hydroxyl groups is 1. The van der Waals surface area contributed by atoms with Crippen LogP contribution in [0.2, 0.25) is 18.1 Å². The van der Waals surface area contributed by atoms with Gasteiger partial charge in [-0.2, -0.15) is 0 Å². The van der Waals surface area contributed by atoms with E-state index in [0.717, 1.165) is 25.7 Å². The summed E-state index contributed by atoms with van der Waals surface area (Å²) in [4.78, 5) is 15.7. The van der Waals surface area contributed by atoms with Crippen LogP contribution in [0.1, 0.15) is 272 Å². The van der Waals surface area contributed by atoms with E-state index in [-0.39, 0.29) is 35.7 Å². The maximum absolute atomic E-state index is 13.6. The highest BCUT2D eigenvalue weighted by atomic mass is 28.4. The van der Waals surface area contributed by atoms with Gasteiger partial charge in [0.25, 0.3) is 0 Å². The fraction of sp³-hybridized carbons (Fsp3) is 0.980. The molecule has 0 bridgehead atoms. The number of hydrogen-bond acceptors (Lipinski definition) is 3. The molecule has 0 saturated carbocycles. The third-order valence-corrected chi connectivity index (χ3v) is 18.0. The lowest BCUT2D eigenvalue weighted by atomic mass is 9.85. The van der Waals surface area contributed by atoms with Crippen LogP contribution in [0.15, 0.2) is 0 Å². The van der Waals surface area contributed by atoms with Crippen LogP contribution in [0.4, 0.5) is 0 Å². The quantitative estimate of drug-likeness (QED) is 0.0497. The van der Waals surface area contributed by atoms with Crippen molar-refractivity contribution in [3.05, 3.63) is 0 Å². The minimum Gasteiger partial charge on any atom is -0.410 e. The van der Waals surface area contributed by atoms with Gasteiger partial charge in [-0.3, -0.25) is 4.79 Å². The van der Waals surface area contributed by atoms with Crippen molar-refractivity contribution in [2.24, 2.45) is 0 Å². The first kappa shape index (κ1) is 52.6. The topological polar surface area (TPSA) is 49.8 Å². The fourth-order valence-electron chi connectivity index (χ4n) is 8.64. The maximum atomic E-state index is 13.6. The summed E-state index contributed by atoms with van der Waals surface area (Å²) in [6.07, 6.45) is 49.6. The molecule has 3 atom stereocenters. The van der Waals surface area contributed by atoms with Crippen LogP contribution in [0.3, 0.4) is 0 Å². The number of carbonyl (C=O) groups excluding carboxylic acids is 1. The van der Waals surface area contributed by atoms with Crippen molar-refractivity contribution in [3.63, 3.8) is 0 Å². The Morgan fingerprint density at radius 3 is 1.07 bits per heavy atom. The molecule has 1 N–H and O–H groups in total. The van der Waals surface area contributed by atoms with E-state index in [1.54, 1.807) is 0 Å². The molecule has 55 heavy (non-hydrogen) atoms. The molecule has 0 unspecified atom stereocenters. The molecule has 328 valence electrons. The van der Waals surface area contributed by atoms with Crippen molar-refractivity contribution >= 4 is 14.2 Å². The van der Waals surface area contributed by atoms with Crippen LogP contribution in [-0.4, -0.2) is 49.0 Å². The number of rotatable bonds is 40. The van der Waals surface area contributed by atoms with Gasteiger partial charge >= 0.3 is 0 Å². The second-order valence-electron chi connectivity index (χ2n) is 19.7. The molecule has 0 aromatic rings. The van der Waals surface area contributed by atoms with E-state index >= 15 is 0 Å². The van der Waals surface area contributed by atoms with Crippen molar-refractivity contribution in [1.29, 1.82) is 0 Å². The first-order valence-electron chi connectivity index (χ1n) is 25.2. The van der Waals surface area contributed by atoms with E-state index in [2.05, 4.69) is 52.6 Å². The zero-order valence-electron chi connectivity index (χ0n) is 38.8. The average molecular weight is 792 g/mol. The van der Waals surface area contributed by atoms with E-state index in [0.29, 0.717) is 6.42 Å². The van der Waals surface area contributed by atoms with Gasteiger partial charge in [0, 0.05) is 6.42 Å². The van der Waals surface area contributed by atoms with E-state index < -0.39 is 8.32 Å². The molecule has 0 aliphatic carbocycles. The number of hydrogen-bond donors (Lipinski definition) is 1. The van der Waals surface area contributed by atoms with Crippen molar-refractivity contribution in [3.8, 4) is 0 Å². The molecule has 1 aliphatic heterocycles. The van der Waals surface area contributed by atoms with E-state index in [1.165, 1.54) is 205 Å². The summed E-state index contributed by atoms with van der Waals surface area (Å²) in [5.74, 6) is 0.251. The highest BCUT2D eigenvalue weighted by molar-refractivity contribution is 6.74. The Balaban J connectivity index is 2.20. The normalized spacial score (nSPS) is 17.6. The third kappa shape index (κ3) is 25.6. The Morgan fingerprint density at radius 2 is 0.782 bits per heavy atom. The highest BCUT2D eigenvalue weighted by Gasteiger charge is 2.53. The lowest BCUT2D eigenvalue weighted by Crippen LogP contribution is -2.73. The Bertz CT molecular complexity index is 856. The van der Waals surface area contributed by atoms with Crippen molar-refractivity contribution in [2.75, 3.05) is 6.61 Å². The predicted molar refractivity (Wildman–Crippen MR) is 246 cm³/mol. The van der Waals surface area contributed by atoms with E-state index in [4.69, 9.17) is 4.43 Å². The van der Waals surface area contributed by atoms with Crippen LogP contribution < -0.4 is 0 Å². The molecule has 0 radical (unpaired) electrons. The Hall–Kier alpha value is -0.393. The molecule has 1 fully saturated rings. The fourth-order valence-corrected chi connectivity index (χ4v) is 9.99. The molecular weight excluding hydrogens is 691 g/mol. The Labute approximate surface area is 347 Å². The Kier molecular flexibility index (Phi) is 33.0. The minimum atomic E-state index is -2.01. The third-order valence-electron chi connectivity index (χ3n) is 13.5. The van der Waals surface area contributed by atoms with Gasteiger partial charge in [0.1, 0.15) is 0 Å². The smallest absolute Gasteiger partial charge is 0.223 e. The summed E-state index contributed by atoms with van der Waals surface area (Å²) in [7, 11) is -2.01. The number of amides is 1. The lowest BCUT2D eigenvalue weighted by Gasteiger charge is -2.57. The molecule has 1 rings (SSSR count). The maximum Gasteiger partial charge on any atom is 0.223 e. The average Bonchev–Trinajstić information content (AvgIpc) is 3.14. The first-order valence-corrected chi connectivity index (χ1v) is 28.1. The SMILES string of the molecule is CCCCCCCCCCCCCCCCCCCCCCCCCC(=O)N1[C@@H](CO)[C@@H](O[Si](C)(C)C(C)(C)C)[C@@H]1CCCCCCCCCCCCCC. The van der Waals surface area contributed by atoms with Crippen LogP contribution in [0, 0.1) is 0 Å². The van der Waals surface area contributed by atoms with Gasteiger partial charge in [-0.15, -0.1) is 0 Å². The number of carbonyl (C=O) groups is 1. The van der Waals surface area contributed by atoms with E-state index in [9.17, 15) is 9.90 Å². The summed E-state index contributed by atoms with van der Waals surface area (Å²) < 4.78 is 6.93. The van der Waals surface area contributed by atoms with Crippen LogP contribution >= 0.6 is 0 Å². The van der Waals surface area contributed by atoms with Crippen molar-refractivity contribution in [2.45, 2.75) is 309 Å². The summed E-state index contributed by atoms with van der Waals surface area (Å²) in [6, 6.07) is -0.0417. The first-order chi connectivity index (χ1) is 26.6. The monoisotopic (exact) mass is 792 g/mol. The zero-order chi connectivity index (χ0) is 40.5. The summed E-state index contributed by atoms with van der Waals surface area (Å²) >= 11 is 0. The second-order valence-corrected chi connectivity index (χ2v) is 24.4. The minimum absolute atomic E-state index is 0.0133. The van der Waals surface area contributed by atoms with Crippen LogP contribution in [0.5, 0.6) is 0 Å². The zero-order valence-corrected chi connectivity index (χ0v) is 39.8. The molecule has 0 spiro atoms. The second kappa shape index (κ2) is 34.5. The van der Waals surface area contributed by atoms with Crippen LogP contribution in [-0.2, 0) is 9.22 Å². The molecule has 1 amide bonds. The summed E-state index contributed by atoms with van der Waals surface area (Å²) in [5.41, 5.74) is 0. The number of nitrogens with zero attached hydrogens (tertiary/aromatic N) is 1. The molecule has 0 aromatic heterocycles. The van der Waals surface area contributed by atoms with Gasteiger partial charge in [0.05, 0.1) is 24.8 Å². The predicted octanol–water partition coefficient (Wildman–Crippen LogP) is 16.4. The van der Waals surface area contributed by atoms with Gasteiger partial charge in [-0.1, -0.05) is 253 Å². The number of unbranched alkanes of at least 4 members (excludes halogenated alkanes) is 33. The largest absolute Gasteiger partial charge is 0.410 e. The highest BCUT2D eigenvalue weighted by Crippen LogP contribution is 2.42. The summed E-state index contributed by atoms with van der Waals surface area (Å²) in [5, 5.41) is 10.6. The molecular formula is C50H101NO3Si. The standard InChI is InChI=1S/C50H101NO3Si/c1-8-10-12-14-16-18-20-22-23-24-25-26-27-28-29-30-31-32-34-36-38-40-42-44-48(53)51-46(49(47(51)45-52)54-55(6,7)50(3,4)5)43-41-39-37-35-33-21-19-17-15-13-11-9-2/h46-47,49,52H,8-45H2,1-7H3/t46-,47-,49-/m0/s1. The molecule has 4 nitrogen and oxygen atoms in total. The lowest BCUT2D eigenvalue weighted by molar-refractivity contribution is -0.169. The number of aliphatic hydroxyl groups excluding tert-OH is 1. The van der Waals surface area contributed by atoms with Crippen LogP contribution in [0.25, 0.3) is 0 Å². The van der Waals surface area contributed by atoms with Crippen molar-refractivity contribution in [1.82, 2.24) is 4.90 Å².